The molecular formula is C23H25Cl2N5O4S2. The van der Waals surface area contributed by atoms with Crippen molar-refractivity contribution in [1.29, 1.82) is 0 Å². The lowest BCUT2D eigenvalue weighted by molar-refractivity contribution is -0.0287. The smallest absolute Gasteiger partial charge is 0.315 e. The molecule has 3 aromatic rings. The first-order valence-electron chi connectivity index (χ1n) is 11.1. The van der Waals surface area contributed by atoms with Gasteiger partial charge >= 0.3 is 6.03 Å². The van der Waals surface area contributed by atoms with Crippen LogP contribution in [0.5, 0.6) is 0 Å². The maximum absolute atomic E-state index is 12.4. The van der Waals surface area contributed by atoms with E-state index < -0.39 is 10.0 Å². The number of urea groups is 1. The third-order valence-corrected chi connectivity index (χ3v) is 8.36. The lowest BCUT2D eigenvalue weighted by Gasteiger charge is -2.33. The molecule has 1 aromatic heterocycles. The molecule has 0 radical (unpaired) electrons. The molecule has 192 valence electrons. The first-order valence-corrected chi connectivity index (χ1v) is 14.2. The van der Waals surface area contributed by atoms with E-state index in [1.807, 2.05) is 12.1 Å². The third kappa shape index (κ3) is 7.55. The van der Waals surface area contributed by atoms with Gasteiger partial charge in [-0.25, -0.2) is 18.2 Å². The van der Waals surface area contributed by atoms with E-state index in [1.54, 1.807) is 23.6 Å². The summed E-state index contributed by atoms with van der Waals surface area (Å²) in [7, 11) is -3.71. The van der Waals surface area contributed by atoms with Gasteiger partial charge in [-0.2, -0.15) is 0 Å². The van der Waals surface area contributed by atoms with E-state index >= 15 is 0 Å². The number of sulfonamides is 1. The number of thiazole rings is 1. The molecule has 9 nitrogen and oxygen atoms in total. The molecule has 13 heteroatoms. The van der Waals surface area contributed by atoms with Crippen LogP contribution in [0.15, 0.2) is 58.9 Å². The number of amides is 2. The molecule has 0 bridgehead atoms. The van der Waals surface area contributed by atoms with Gasteiger partial charge in [0.2, 0.25) is 0 Å². The van der Waals surface area contributed by atoms with Crippen molar-refractivity contribution < 1.29 is 17.9 Å². The first-order chi connectivity index (χ1) is 17.3. The molecule has 4 rings (SSSR count). The van der Waals surface area contributed by atoms with Crippen LogP contribution < -0.4 is 15.4 Å². The van der Waals surface area contributed by atoms with E-state index in [0.717, 1.165) is 17.7 Å². The topological polar surface area (TPSA) is 113 Å². The zero-order valence-corrected chi connectivity index (χ0v) is 22.3. The average Bonchev–Trinajstić information content (AvgIpc) is 3.36. The summed E-state index contributed by atoms with van der Waals surface area (Å²) in [5.74, 6) is 0. The van der Waals surface area contributed by atoms with E-state index in [0.29, 0.717) is 41.4 Å². The van der Waals surface area contributed by atoms with Crippen molar-refractivity contribution in [3.05, 3.63) is 75.2 Å². The van der Waals surface area contributed by atoms with Crippen LogP contribution in [0.25, 0.3) is 0 Å². The van der Waals surface area contributed by atoms with Crippen LogP contribution in [0.1, 0.15) is 11.1 Å². The predicted octanol–water partition coefficient (Wildman–Crippen LogP) is 3.95. The van der Waals surface area contributed by atoms with E-state index in [2.05, 4.69) is 25.2 Å². The van der Waals surface area contributed by atoms with E-state index in [9.17, 15) is 13.2 Å². The van der Waals surface area contributed by atoms with Crippen LogP contribution in [-0.4, -0.2) is 56.7 Å². The molecule has 1 atom stereocenters. The van der Waals surface area contributed by atoms with Gasteiger partial charge in [0.1, 0.15) is 0 Å². The Morgan fingerprint density at radius 3 is 2.61 bits per heavy atom. The molecule has 36 heavy (non-hydrogen) atoms. The number of rotatable bonds is 9. The van der Waals surface area contributed by atoms with E-state index in [1.165, 1.54) is 29.7 Å². The highest BCUT2D eigenvalue weighted by Crippen LogP contribution is 2.23. The number of hydrogen-bond donors (Lipinski definition) is 3. The Morgan fingerprint density at radius 1 is 1.11 bits per heavy atom. The van der Waals surface area contributed by atoms with Crippen LogP contribution in [0.4, 0.5) is 9.93 Å². The maximum atomic E-state index is 12.4. The number of morpholine rings is 1. The highest BCUT2D eigenvalue weighted by molar-refractivity contribution is 7.93. The molecule has 1 aliphatic rings. The maximum Gasteiger partial charge on any atom is 0.315 e. The number of carbonyl (C=O) groups excluding carboxylic acids is 1. The Hall–Kier alpha value is -2.41. The van der Waals surface area contributed by atoms with E-state index in [4.69, 9.17) is 27.9 Å². The van der Waals surface area contributed by atoms with E-state index in [-0.39, 0.29) is 23.6 Å². The van der Waals surface area contributed by atoms with Crippen molar-refractivity contribution in [2.24, 2.45) is 0 Å². The highest BCUT2D eigenvalue weighted by Gasteiger charge is 2.21. The second kappa shape index (κ2) is 12.2. The van der Waals surface area contributed by atoms with Crippen LogP contribution in [0.2, 0.25) is 10.0 Å². The number of ether oxygens (including phenoxy) is 1. The van der Waals surface area contributed by atoms with Gasteiger partial charge in [0, 0.05) is 44.3 Å². The van der Waals surface area contributed by atoms with Crippen LogP contribution in [-0.2, 0) is 27.8 Å². The lowest BCUT2D eigenvalue weighted by atomic mass is 10.2. The zero-order chi connectivity index (χ0) is 25.5. The third-order valence-electron chi connectivity index (χ3n) is 5.44. The van der Waals surface area contributed by atoms with Gasteiger partial charge in [0.15, 0.2) is 5.13 Å². The molecule has 2 heterocycles. The molecule has 1 fully saturated rings. The average molecular weight is 571 g/mol. The summed E-state index contributed by atoms with van der Waals surface area (Å²) in [5.41, 5.74) is 1.83. The summed E-state index contributed by atoms with van der Waals surface area (Å²) < 4.78 is 33.0. The van der Waals surface area contributed by atoms with Gasteiger partial charge in [0.05, 0.1) is 27.7 Å². The van der Waals surface area contributed by atoms with Gasteiger partial charge in [-0.15, -0.1) is 11.3 Å². The summed E-state index contributed by atoms with van der Waals surface area (Å²) in [6.45, 7) is 3.36. The molecule has 0 saturated carbocycles. The SMILES string of the molecule is O=C(NCc1ccc(S(=O)(=O)Nc2nccs2)cc1)NCC1CN(Cc2ccc(Cl)c(Cl)c2)CCO1. The highest BCUT2D eigenvalue weighted by atomic mass is 35.5. The fourth-order valence-corrected chi connectivity index (χ4v) is 5.74. The number of hydrogen-bond acceptors (Lipinski definition) is 7. The molecular weight excluding hydrogens is 545 g/mol. The summed E-state index contributed by atoms with van der Waals surface area (Å²) >= 11 is 13.3. The van der Waals surface area contributed by atoms with Gasteiger partial charge in [-0.1, -0.05) is 41.4 Å². The van der Waals surface area contributed by atoms with Crippen molar-refractivity contribution in [3.8, 4) is 0 Å². The zero-order valence-electron chi connectivity index (χ0n) is 19.1. The second-order valence-corrected chi connectivity index (χ2v) is 11.5. The largest absolute Gasteiger partial charge is 0.374 e. The first kappa shape index (κ1) is 26.6. The normalized spacial score (nSPS) is 16.4. The van der Waals surface area contributed by atoms with Crippen molar-refractivity contribution in [2.75, 3.05) is 31.0 Å². The molecule has 0 spiro atoms. The van der Waals surface area contributed by atoms with Crippen molar-refractivity contribution in [2.45, 2.75) is 24.1 Å². The minimum absolute atomic E-state index is 0.116. The van der Waals surface area contributed by atoms with Crippen LogP contribution in [0, 0.1) is 0 Å². The Morgan fingerprint density at radius 2 is 1.89 bits per heavy atom. The fraction of sp³-hybridized carbons (Fsp3) is 0.304. The van der Waals surface area contributed by atoms with Gasteiger partial charge < -0.3 is 15.4 Å². The number of carbonyl (C=O) groups is 1. The minimum atomic E-state index is -3.71. The molecule has 1 unspecified atom stereocenters. The van der Waals surface area contributed by atoms with Crippen molar-refractivity contribution in [1.82, 2.24) is 20.5 Å². The number of aromatic nitrogens is 1. The molecule has 1 saturated heterocycles. The van der Waals surface area contributed by atoms with Gasteiger partial charge in [-0.05, 0) is 35.4 Å². The molecule has 2 amide bonds. The van der Waals surface area contributed by atoms with Gasteiger partial charge in [0.25, 0.3) is 10.0 Å². The number of halogens is 2. The van der Waals surface area contributed by atoms with Crippen LogP contribution >= 0.6 is 34.5 Å². The number of nitrogens with zero attached hydrogens (tertiary/aromatic N) is 2. The number of anilines is 1. The standard InChI is InChI=1S/C23H25Cl2N5O4S2/c24-20-6-3-17(11-21(20)25)14-30-8-9-34-18(15-30)13-28-22(31)27-12-16-1-4-19(5-2-16)36(32,33)29-23-26-7-10-35-23/h1-7,10-11,18H,8-9,12-15H2,(H,26,29)(H2,27,28,31). The number of nitrogens with one attached hydrogen (secondary N) is 3. The molecule has 2 aromatic carbocycles. The van der Waals surface area contributed by atoms with Gasteiger partial charge in [-0.3, -0.25) is 9.62 Å². The second-order valence-electron chi connectivity index (χ2n) is 8.13. The molecule has 3 N–H and O–H groups in total. The monoisotopic (exact) mass is 569 g/mol. The molecule has 1 aliphatic heterocycles. The minimum Gasteiger partial charge on any atom is -0.374 e. The Kier molecular flexibility index (Phi) is 9.04. The fourth-order valence-electron chi connectivity index (χ4n) is 3.63. The number of benzene rings is 2. The molecule has 0 aliphatic carbocycles. The quantitative estimate of drug-likeness (QED) is 0.359. The summed E-state index contributed by atoms with van der Waals surface area (Å²) in [6.07, 6.45) is 1.39. The van der Waals surface area contributed by atoms with Crippen molar-refractivity contribution in [3.63, 3.8) is 0 Å². The Bertz CT molecular complexity index is 1270. The van der Waals surface area contributed by atoms with Crippen LogP contribution in [0.3, 0.4) is 0 Å². The summed E-state index contributed by atoms with van der Waals surface area (Å²) in [6, 6.07) is 11.6. The Labute approximate surface area is 223 Å². The Balaban J connectivity index is 1.20. The summed E-state index contributed by atoms with van der Waals surface area (Å²) in [5, 5.41) is 8.65. The summed E-state index contributed by atoms with van der Waals surface area (Å²) in [4.78, 5) is 18.6. The predicted molar refractivity (Wildman–Crippen MR) is 141 cm³/mol. The lowest BCUT2D eigenvalue weighted by Crippen LogP contribution is -2.48. The van der Waals surface area contributed by atoms with Crippen molar-refractivity contribution >= 4 is 55.7 Å².